The van der Waals surface area contributed by atoms with Gasteiger partial charge in [-0.05, 0) is 23.2 Å². The monoisotopic (exact) mass is 621 g/mol. The summed E-state index contributed by atoms with van der Waals surface area (Å²) in [6, 6.07) is 21.7. The molecule has 0 bridgehead atoms. The van der Waals surface area contributed by atoms with Gasteiger partial charge in [0.15, 0.2) is 11.8 Å². The van der Waals surface area contributed by atoms with Gasteiger partial charge in [-0.15, -0.1) is 0 Å². The van der Waals surface area contributed by atoms with Crippen molar-refractivity contribution >= 4 is 37.1 Å². The van der Waals surface area contributed by atoms with Crippen LogP contribution in [0.1, 0.15) is 0 Å². The fourth-order valence-corrected chi connectivity index (χ4v) is 6.39. The maximum absolute atomic E-state index is 10.8. The van der Waals surface area contributed by atoms with Crippen LogP contribution in [0.2, 0.25) is 30.7 Å². The number of fused-ring (bicyclic) bond motifs is 2. The second-order valence-corrected chi connectivity index (χ2v) is 18.1. The topological polar surface area (TPSA) is 93.9 Å². The molecule has 0 N–H and O–H groups in total. The largest absolute Gasteiger partial charge is 0.456 e. The summed E-state index contributed by atoms with van der Waals surface area (Å²) in [5.74, 6) is 0. The van der Waals surface area contributed by atoms with Crippen LogP contribution in [0.5, 0.6) is 6.01 Å². The first-order chi connectivity index (χ1) is 20.8. The fourth-order valence-electron chi connectivity index (χ4n) is 5.38. The molecule has 0 radical (unpaired) electrons. The summed E-state index contributed by atoms with van der Waals surface area (Å²) in [4.78, 5) is 20.5. The van der Waals surface area contributed by atoms with Gasteiger partial charge in [-0.2, -0.15) is 4.98 Å². The van der Waals surface area contributed by atoms with E-state index in [0.717, 1.165) is 29.0 Å². The Hall–Kier alpha value is -3.12. The molecule has 226 valence electrons. The normalized spacial score (nSPS) is 21.8. The SMILES string of the molecule is C[Si](C)(C)CCOCn1c(OC2COC3C(OCC=O)COC23)nc2nc(-c3ccc(-c4ccccc4)cc3)c(Cl)cc21. The number of imidazole rings is 1. The number of aromatic nitrogens is 3. The van der Waals surface area contributed by atoms with E-state index in [1.165, 1.54) is 0 Å². The zero-order valence-corrected chi connectivity index (χ0v) is 26.3. The average Bonchev–Trinajstić information content (AvgIpc) is 3.68. The highest BCUT2D eigenvalue weighted by Gasteiger charge is 2.50. The molecular formula is C32H36ClN3O6Si. The third kappa shape index (κ3) is 6.69. The summed E-state index contributed by atoms with van der Waals surface area (Å²) < 4.78 is 31.9. The third-order valence-corrected chi connectivity index (χ3v) is 9.73. The predicted octanol–water partition coefficient (Wildman–Crippen LogP) is 5.86. The Kier molecular flexibility index (Phi) is 8.94. The molecule has 2 aromatic heterocycles. The second kappa shape index (κ2) is 12.9. The molecule has 2 aliphatic rings. The third-order valence-electron chi connectivity index (χ3n) is 7.74. The van der Waals surface area contributed by atoms with Crippen LogP contribution < -0.4 is 4.74 Å². The fraction of sp³-hybridized carbons (Fsp3) is 0.406. The molecule has 0 saturated carbocycles. The number of carbonyl (C=O) groups is 1. The van der Waals surface area contributed by atoms with Gasteiger partial charge in [-0.1, -0.05) is 85.8 Å². The van der Waals surface area contributed by atoms with Crippen molar-refractivity contribution < 1.29 is 28.5 Å². The van der Waals surface area contributed by atoms with Crippen LogP contribution in [0.25, 0.3) is 33.5 Å². The standard InChI is InChI=1S/C32H36ClN3O6Si/c1-43(2,3)16-15-38-20-36-25-17-24(33)28(23-11-9-22(10-12-23)21-7-5-4-6-8-21)34-31(25)35-32(36)42-27-19-41-29-26(39-14-13-37)18-40-30(27)29/h4-13,17,26-27,29-30H,14-16,18-20H2,1-3H3. The number of benzene rings is 2. The highest BCUT2D eigenvalue weighted by atomic mass is 35.5. The maximum atomic E-state index is 10.8. The highest BCUT2D eigenvalue weighted by Crippen LogP contribution is 2.35. The van der Waals surface area contributed by atoms with Crippen LogP contribution in [0, 0.1) is 0 Å². The number of ether oxygens (including phenoxy) is 5. The van der Waals surface area contributed by atoms with E-state index < -0.39 is 14.2 Å². The molecule has 4 unspecified atom stereocenters. The predicted molar refractivity (Wildman–Crippen MR) is 167 cm³/mol. The summed E-state index contributed by atoms with van der Waals surface area (Å²) in [7, 11) is -1.27. The van der Waals surface area contributed by atoms with Crippen molar-refractivity contribution in [2.24, 2.45) is 0 Å². The van der Waals surface area contributed by atoms with E-state index in [9.17, 15) is 4.79 Å². The van der Waals surface area contributed by atoms with E-state index in [2.05, 4.69) is 43.9 Å². The maximum Gasteiger partial charge on any atom is 0.301 e. The Morgan fingerprint density at radius 1 is 0.953 bits per heavy atom. The number of aldehydes is 1. The molecule has 0 aliphatic carbocycles. The van der Waals surface area contributed by atoms with E-state index in [4.69, 9.17) is 45.3 Å². The first-order valence-corrected chi connectivity index (χ1v) is 18.6. The number of halogens is 1. The molecule has 2 saturated heterocycles. The van der Waals surface area contributed by atoms with Crippen LogP contribution in [-0.4, -0.2) is 79.7 Å². The molecule has 43 heavy (non-hydrogen) atoms. The van der Waals surface area contributed by atoms with Crippen LogP contribution in [0.3, 0.4) is 0 Å². The van der Waals surface area contributed by atoms with Gasteiger partial charge in [0.2, 0.25) is 0 Å². The molecule has 2 aliphatic heterocycles. The molecule has 4 atom stereocenters. The molecule has 2 aromatic carbocycles. The molecule has 0 spiro atoms. The lowest BCUT2D eigenvalue weighted by atomic mass is 10.0. The quantitative estimate of drug-likeness (QED) is 0.110. The van der Waals surface area contributed by atoms with Crippen molar-refractivity contribution in [3.05, 3.63) is 65.7 Å². The minimum absolute atomic E-state index is 0.000429. The van der Waals surface area contributed by atoms with Crippen LogP contribution in [0.15, 0.2) is 60.7 Å². The minimum Gasteiger partial charge on any atom is -0.456 e. The molecule has 11 heteroatoms. The molecular weight excluding hydrogens is 586 g/mol. The Balaban J connectivity index is 1.28. The zero-order valence-electron chi connectivity index (χ0n) is 24.6. The summed E-state index contributed by atoms with van der Waals surface area (Å²) in [5, 5.41) is 0.508. The van der Waals surface area contributed by atoms with Gasteiger partial charge in [-0.25, -0.2) is 4.98 Å². The summed E-state index contributed by atoms with van der Waals surface area (Å²) in [6.45, 7) is 8.48. The van der Waals surface area contributed by atoms with Crippen molar-refractivity contribution in [2.45, 2.75) is 56.8 Å². The zero-order chi connectivity index (χ0) is 30.0. The van der Waals surface area contributed by atoms with Gasteiger partial charge in [-0.3, -0.25) is 4.57 Å². The lowest BCUT2D eigenvalue weighted by Gasteiger charge is -2.19. The Bertz CT molecular complexity index is 1560. The van der Waals surface area contributed by atoms with Crippen molar-refractivity contribution in [1.29, 1.82) is 0 Å². The van der Waals surface area contributed by atoms with Crippen LogP contribution in [0.4, 0.5) is 0 Å². The number of carbonyl (C=O) groups excluding carboxylic acids is 1. The molecule has 4 heterocycles. The molecule has 4 aromatic rings. The smallest absolute Gasteiger partial charge is 0.301 e. The van der Waals surface area contributed by atoms with Gasteiger partial charge in [0.25, 0.3) is 0 Å². The number of pyridine rings is 1. The second-order valence-electron chi connectivity index (χ2n) is 12.1. The van der Waals surface area contributed by atoms with Crippen molar-refractivity contribution in [2.75, 3.05) is 26.4 Å². The van der Waals surface area contributed by atoms with Gasteiger partial charge >= 0.3 is 6.01 Å². The summed E-state index contributed by atoms with van der Waals surface area (Å²) >= 11 is 6.84. The molecule has 2 fully saturated rings. The van der Waals surface area contributed by atoms with Gasteiger partial charge in [0, 0.05) is 20.2 Å². The first kappa shape index (κ1) is 29.9. The number of rotatable bonds is 12. The van der Waals surface area contributed by atoms with E-state index >= 15 is 0 Å². The van der Waals surface area contributed by atoms with Crippen LogP contribution >= 0.6 is 11.6 Å². The molecule has 9 nitrogen and oxygen atoms in total. The summed E-state index contributed by atoms with van der Waals surface area (Å²) in [5.41, 5.74) is 5.01. The van der Waals surface area contributed by atoms with Crippen molar-refractivity contribution in [1.82, 2.24) is 14.5 Å². The van der Waals surface area contributed by atoms with Gasteiger partial charge < -0.3 is 28.5 Å². The van der Waals surface area contributed by atoms with Crippen molar-refractivity contribution in [3.63, 3.8) is 0 Å². The van der Waals surface area contributed by atoms with E-state index in [-0.39, 0.29) is 31.6 Å². The van der Waals surface area contributed by atoms with E-state index in [1.54, 1.807) is 0 Å². The minimum atomic E-state index is -1.27. The highest BCUT2D eigenvalue weighted by molar-refractivity contribution is 6.76. The molecule has 0 amide bonds. The average molecular weight is 622 g/mol. The lowest BCUT2D eigenvalue weighted by Crippen LogP contribution is -2.36. The van der Waals surface area contributed by atoms with Gasteiger partial charge in [0.1, 0.15) is 37.9 Å². The lowest BCUT2D eigenvalue weighted by molar-refractivity contribution is -0.116. The Labute approximate surface area is 257 Å². The van der Waals surface area contributed by atoms with Crippen LogP contribution in [-0.2, 0) is 30.5 Å². The number of hydrogen-bond acceptors (Lipinski definition) is 8. The van der Waals surface area contributed by atoms with E-state index in [1.807, 2.05) is 41.0 Å². The first-order valence-electron chi connectivity index (χ1n) is 14.6. The molecule has 6 rings (SSSR count). The Morgan fingerprint density at radius 2 is 1.63 bits per heavy atom. The van der Waals surface area contributed by atoms with E-state index in [0.29, 0.717) is 47.7 Å². The number of nitrogens with zero attached hydrogens (tertiary/aromatic N) is 3. The van der Waals surface area contributed by atoms with Gasteiger partial charge in [0.05, 0.1) is 29.4 Å². The van der Waals surface area contributed by atoms with Crippen molar-refractivity contribution in [3.8, 4) is 28.4 Å². The number of hydrogen-bond donors (Lipinski definition) is 0. The summed E-state index contributed by atoms with van der Waals surface area (Å²) in [6.07, 6.45) is -0.649. The Morgan fingerprint density at radius 3 is 2.35 bits per heavy atom.